The lowest BCUT2D eigenvalue weighted by Crippen LogP contribution is -2.50. The minimum atomic E-state index is -0.543. The molecule has 35 heavy (non-hydrogen) atoms. The van der Waals surface area contributed by atoms with Gasteiger partial charge in [0.25, 0.3) is 0 Å². The first-order chi connectivity index (χ1) is 16.7. The fourth-order valence-electron chi connectivity index (χ4n) is 4.22. The molecule has 196 valence electrons. The Bertz CT molecular complexity index is 855. The predicted octanol–water partition coefficient (Wildman–Crippen LogP) is 5.91. The van der Waals surface area contributed by atoms with Gasteiger partial charge in [0.05, 0.1) is 17.9 Å². The third-order valence-electron chi connectivity index (χ3n) is 6.09. The van der Waals surface area contributed by atoms with Crippen molar-refractivity contribution in [3.8, 4) is 0 Å². The minimum absolute atomic E-state index is 0.174. The Kier molecular flexibility index (Phi) is 9.95. The molecule has 0 N–H and O–H groups in total. The van der Waals surface area contributed by atoms with E-state index in [2.05, 4.69) is 6.92 Å². The molecule has 1 aromatic rings. The Morgan fingerprint density at radius 3 is 2.51 bits per heavy atom. The van der Waals surface area contributed by atoms with Crippen LogP contribution in [0, 0.1) is 5.82 Å². The smallest absolute Gasteiger partial charge is 0.414 e. The van der Waals surface area contributed by atoms with E-state index < -0.39 is 11.7 Å². The number of cyclic esters (lactones) is 1. The fourth-order valence-corrected chi connectivity index (χ4v) is 5.23. The number of benzene rings is 1. The second-order valence-corrected chi connectivity index (χ2v) is 11.3. The van der Waals surface area contributed by atoms with Gasteiger partial charge in [0.2, 0.25) is 0 Å². The van der Waals surface area contributed by atoms with Crippen molar-refractivity contribution in [2.24, 2.45) is 0 Å². The average Bonchev–Trinajstić information content (AvgIpc) is 3.17. The summed E-state index contributed by atoms with van der Waals surface area (Å²) < 4.78 is 26.0. The number of thioether (sulfide) groups is 1. The van der Waals surface area contributed by atoms with Crippen LogP contribution in [-0.2, 0) is 9.47 Å². The lowest BCUT2D eigenvalue weighted by molar-refractivity contribution is 0.0240. The number of carbonyl (C=O) groups is 2. The van der Waals surface area contributed by atoms with E-state index in [1.54, 1.807) is 17.0 Å². The van der Waals surface area contributed by atoms with Crippen LogP contribution in [0.4, 0.5) is 25.4 Å². The Labute approximate surface area is 213 Å². The number of halogens is 1. The van der Waals surface area contributed by atoms with Gasteiger partial charge in [-0.2, -0.15) is 11.8 Å². The molecule has 1 unspecified atom stereocenters. The van der Waals surface area contributed by atoms with E-state index in [9.17, 15) is 9.59 Å². The number of ether oxygens (including phenoxy) is 2. The molecule has 1 aromatic carbocycles. The summed E-state index contributed by atoms with van der Waals surface area (Å²) in [5.41, 5.74) is 0.440. The molecule has 0 radical (unpaired) electrons. The van der Waals surface area contributed by atoms with E-state index in [1.807, 2.05) is 37.4 Å². The largest absolute Gasteiger partial charge is 0.444 e. The van der Waals surface area contributed by atoms with Gasteiger partial charge in [-0.1, -0.05) is 32.6 Å². The third-order valence-corrected chi connectivity index (χ3v) is 7.27. The number of unbranched alkanes of at least 4 members (excludes halogenated alkanes) is 4. The molecule has 2 aliphatic rings. The molecular weight excluding hydrogens is 469 g/mol. The molecule has 1 atom stereocenters. The monoisotopic (exact) mass is 509 g/mol. The quantitative estimate of drug-likeness (QED) is 0.365. The molecular formula is C26H40FN3O4S. The molecule has 0 bridgehead atoms. The first-order valence-corrected chi connectivity index (χ1v) is 13.9. The van der Waals surface area contributed by atoms with Gasteiger partial charge < -0.3 is 19.3 Å². The summed E-state index contributed by atoms with van der Waals surface area (Å²) >= 11 is 1.82. The molecule has 2 aliphatic heterocycles. The van der Waals surface area contributed by atoms with Crippen LogP contribution >= 0.6 is 11.8 Å². The van der Waals surface area contributed by atoms with Gasteiger partial charge in [-0.25, -0.2) is 14.0 Å². The summed E-state index contributed by atoms with van der Waals surface area (Å²) in [7, 11) is 0. The van der Waals surface area contributed by atoms with Crippen molar-refractivity contribution in [3.63, 3.8) is 0 Å². The zero-order valence-corrected chi connectivity index (χ0v) is 22.4. The number of amides is 2. The Morgan fingerprint density at radius 1 is 1.14 bits per heavy atom. The number of hydrogen-bond donors (Lipinski definition) is 0. The van der Waals surface area contributed by atoms with Crippen molar-refractivity contribution in [1.29, 1.82) is 0 Å². The Morgan fingerprint density at radius 2 is 1.86 bits per heavy atom. The highest BCUT2D eigenvalue weighted by atomic mass is 32.2. The zero-order chi connectivity index (χ0) is 25.4. The highest BCUT2D eigenvalue weighted by Gasteiger charge is 2.33. The van der Waals surface area contributed by atoms with Gasteiger partial charge in [-0.3, -0.25) is 4.90 Å². The number of hydrogen-bond acceptors (Lipinski definition) is 6. The second-order valence-electron chi connectivity index (χ2n) is 10.2. The van der Waals surface area contributed by atoms with Gasteiger partial charge in [-0.15, -0.1) is 0 Å². The van der Waals surface area contributed by atoms with Gasteiger partial charge in [0.1, 0.15) is 17.5 Å². The van der Waals surface area contributed by atoms with Crippen LogP contribution in [0.15, 0.2) is 18.2 Å². The maximum absolute atomic E-state index is 15.0. The van der Waals surface area contributed by atoms with E-state index in [1.165, 1.54) is 43.1 Å². The lowest BCUT2D eigenvalue weighted by Gasteiger charge is -2.37. The number of rotatable bonds is 10. The van der Waals surface area contributed by atoms with Gasteiger partial charge in [-0.05, 0) is 51.1 Å². The average molecular weight is 510 g/mol. The molecule has 9 heteroatoms. The topological polar surface area (TPSA) is 62.3 Å². The molecule has 2 amide bonds. The van der Waals surface area contributed by atoms with Crippen molar-refractivity contribution < 1.29 is 23.5 Å². The van der Waals surface area contributed by atoms with E-state index in [4.69, 9.17) is 9.47 Å². The number of anilines is 2. The van der Waals surface area contributed by atoms with Crippen LogP contribution in [0.2, 0.25) is 0 Å². The third kappa shape index (κ3) is 8.19. The first-order valence-electron chi connectivity index (χ1n) is 12.8. The molecule has 2 heterocycles. The fraction of sp³-hybridized carbons (Fsp3) is 0.692. The second kappa shape index (κ2) is 12.7. The van der Waals surface area contributed by atoms with Crippen molar-refractivity contribution >= 4 is 35.3 Å². The summed E-state index contributed by atoms with van der Waals surface area (Å²) in [6.07, 6.45) is 5.32. The number of piperazine rings is 1. The highest BCUT2D eigenvalue weighted by molar-refractivity contribution is 7.99. The minimum Gasteiger partial charge on any atom is -0.444 e. The molecule has 0 saturated carbocycles. The van der Waals surface area contributed by atoms with Crippen LogP contribution in [0.5, 0.6) is 0 Å². The SMILES string of the molecule is CCCCCCCSCC1CN(c2ccc(N3CCN(C(=O)OC(C)(C)C)CC3)c(F)c2)C(=O)O1. The van der Waals surface area contributed by atoms with E-state index in [-0.39, 0.29) is 18.0 Å². The zero-order valence-electron chi connectivity index (χ0n) is 21.6. The number of nitrogens with zero attached hydrogens (tertiary/aromatic N) is 3. The highest BCUT2D eigenvalue weighted by Crippen LogP contribution is 2.29. The van der Waals surface area contributed by atoms with Gasteiger partial charge >= 0.3 is 12.2 Å². The van der Waals surface area contributed by atoms with Crippen molar-refractivity contribution in [1.82, 2.24) is 4.90 Å². The summed E-state index contributed by atoms with van der Waals surface area (Å²) in [6, 6.07) is 4.88. The number of carbonyl (C=O) groups excluding carboxylic acids is 2. The van der Waals surface area contributed by atoms with Gasteiger partial charge in [0, 0.05) is 31.9 Å². The van der Waals surface area contributed by atoms with E-state index in [0.717, 1.165) is 11.5 Å². The molecule has 0 aromatic heterocycles. The van der Waals surface area contributed by atoms with Crippen molar-refractivity contribution in [2.75, 3.05) is 54.0 Å². The first kappa shape index (κ1) is 27.4. The molecule has 2 fully saturated rings. The maximum Gasteiger partial charge on any atom is 0.414 e. The Balaban J connectivity index is 1.48. The summed E-state index contributed by atoms with van der Waals surface area (Å²) in [6.45, 7) is 10.1. The van der Waals surface area contributed by atoms with Crippen LogP contribution in [0.1, 0.15) is 59.8 Å². The van der Waals surface area contributed by atoms with Crippen molar-refractivity contribution in [2.45, 2.75) is 71.5 Å². The molecule has 0 aliphatic carbocycles. The predicted molar refractivity (Wildman–Crippen MR) is 140 cm³/mol. The van der Waals surface area contributed by atoms with Crippen LogP contribution in [-0.4, -0.2) is 73.0 Å². The normalized spacial score (nSPS) is 18.7. The van der Waals surface area contributed by atoms with Crippen LogP contribution < -0.4 is 9.80 Å². The standard InChI is InChI=1S/C26H40FN3O4S/c1-5-6-7-8-9-16-35-19-21-18-30(25(32)33-21)20-10-11-23(22(27)17-20)28-12-14-29(15-13-28)24(31)34-26(2,3)4/h10-11,17,21H,5-9,12-16,18-19H2,1-4H3. The van der Waals surface area contributed by atoms with Crippen LogP contribution in [0.25, 0.3) is 0 Å². The summed E-state index contributed by atoms with van der Waals surface area (Å²) in [5, 5.41) is 0. The van der Waals surface area contributed by atoms with Crippen LogP contribution in [0.3, 0.4) is 0 Å². The summed E-state index contributed by atoms with van der Waals surface area (Å²) in [4.78, 5) is 29.8. The Hall–Kier alpha value is -2.16. The van der Waals surface area contributed by atoms with E-state index >= 15 is 4.39 Å². The molecule has 2 saturated heterocycles. The maximum atomic E-state index is 15.0. The lowest BCUT2D eigenvalue weighted by atomic mass is 10.2. The molecule has 7 nitrogen and oxygen atoms in total. The van der Waals surface area contributed by atoms with Gasteiger partial charge in [0.15, 0.2) is 0 Å². The molecule has 0 spiro atoms. The van der Waals surface area contributed by atoms with E-state index in [0.29, 0.717) is 44.1 Å². The van der Waals surface area contributed by atoms with Crippen molar-refractivity contribution in [3.05, 3.63) is 24.0 Å². The molecule has 3 rings (SSSR count). The summed E-state index contributed by atoms with van der Waals surface area (Å²) in [5.74, 6) is 1.45.